The normalized spacial score (nSPS) is 14.4. The van der Waals surface area contributed by atoms with Crippen LogP contribution in [0.25, 0.3) is 10.2 Å². The highest BCUT2D eigenvalue weighted by molar-refractivity contribution is 7.22. The van der Waals surface area contributed by atoms with Gasteiger partial charge in [-0.2, -0.15) is 0 Å². The van der Waals surface area contributed by atoms with Gasteiger partial charge >= 0.3 is 0 Å². The Morgan fingerprint density at radius 1 is 1.03 bits per heavy atom. The Morgan fingerprint density at radius 2 is 1.77 bits per heavy atom. The fourth-order valence-electron chi connectivity index (χ4n) is 4.03. The lowest BCUT2D eigenvalue weighted by atomic mass is 9.90. The summed E-state index contributed by atoms with van der Waals surface area (Å²) in [6, 6.07) is 10.0. The average molecular weight is 460 g/mol. The minimum Gasteiger partial charge on any atom is -0.454 e. The quantitative estimate of drug-likeness (QED) is 0.561. The molecule has 0 bridgehead atoms. The Morgan fingerprint density at radius 3 is 2.55 bits per heavy atom. The molecule has 1 aromatic heterocycles. The summed E-state index contributed by atoms with van der Waals surface area (Å²) in [5.74, 6) is 1.45. The van der Waals surface area contributed by atoms with Crippen molar-refractivity contribution >= 4 is 45.0 Å². The fourth-order valence-corrected chi connectivity index (χ4v) is 5.03. The van der Waals surface area contributed by atoms with E-state index in [1.54, 1.807) is 0 Å². The first-order chi connectivity index (χ1) is 14.6. The Bertz CT molecular complexity index is 1070. The number of fused-ring (bicyclic) bond motifs is 3. The predicted octanol–water partition coefficient (Wildman–Crippen LogP) is 4.53. The number of likely N-dealkylation sites (N-methyl/N-ethyl adjacent to an activating group) is 1. The van der Waals surface area contributed by atoms with Crippen LogP contribution in [-0.4, -0.2) is 49.8 Å². The summed E-state index contributed by atoms with van der Waals surface area (Å²) >= 11 is 1.51. The largest absolute Gasteiger partial charge is 0.454 e. The minimum absolute atomic E-state index is 0. The van der Waals surface area contributed by atoms with E-state index in [1.165, 1.54) is 35.3 Å². The maximum absolute atomic E-state index is 13.5. The third kappa shape index (κ3) is 4.35. The molecule has 2 heterocycles. The maximum Gasteiger partial charge on any atom is 0.260 e. The first kappa shape index (κ1) is 21.9. The Kier molecular flexibility index (Phi) is 6.36. The number of nitrogens with zero attached hydrogens (tertiary/aromatic N) is 3. The van der Waals surface area contributed by atoms with Crippen molar-refractivity contribution in [3.05, 3.63) is 47.0 Å². The molecule has 5 rings (SSSR count). The van der Waals surface area contributed by atoms with Crippen LogP contribution < -0.4 is 14.4 Å². The maximum atomic E-state index is 13.5. The van der Waals surface area contributed by atoms with E-state index >= 15 is 0 Å². The van der Waals surface area contributed by atoms with Gasteiger partial charge in [-0.25, -0.2) is 4.98 Å². The van der Waals surface area contributed by atoms with Crippen LogP contribution in [0.5, 0.6) is 11.5 Å². The average Bonchev–Trinajstić information content (AvgIpc) is 3.37. The lowest BCUT2D eigenvalue weighted by Gasteiger charge is -2.23. The molecular formula is C23H26ClN3O3S. The minimum atomic E-state index is 0. The third-order valence-corrected chi connectivity index (χ3v) is 6.75. The van der Waals surface area contributed by atoms with Crippen LogP contribution in [0.1, 0.15) is 34.3 Å². The van der Waals surface area contributed by atoms with Crippen molar-refractivity contribution in [2.24, 2.45) is 0 Å². The van der Waals surface area contributed by atoms with Crippen molar-refractivity contribution in [3.8, 4) is 11.5 Å². The zero-order valence-corrected chi connectivity index (χ0v) is 19.4. The molecule has 0 N–H and O–H groups in total. The van der Waals surface area contributed by atoms with Gasteiger partial charge in [-0.05, 0) is 63.0 Å². The number of amides is 1. The molecule has 0 atom stereocenters. The van der Waals surface area contributed by atoms with Crippen molar-refractivity contribution in [3.63, 3.8) is 0 Å². The summed E-state index contributed by atoms with van der Waals surface area (Å²) in [7, 11) is 4.03. The van der Waals surface area contributed by atoms with Gasteiger partial charge in [0.25, 0.3) is 5.91 Å². The summed E-state index contributed by atoms with van der Waals surface area (Å²) in [4.78, 5) is 22.2. The monoisotopic (exact) mass is 459 g/mol. The van der Waals surface area contributed by atoms with E-state index in [0.29, 0.717) is 17.4 Å². The van der Waals surface area contributed by atoms with Gasteiger partial charge in [0.2, 0.25) is 6.79 Å². The fraction of sp³-hybridized carbons (Fsp3) is 0.391. The van der Waals surface area contributed by atoms with Gasteiger partial charge < -0.3 is 14.4 Å². The second kappa shape index (κ2) is 9.02. The van der Waals surface area contributed by atoms with E-state index in [0.717, 1.165) is 40.9 Å². The number of aryl methyl sites for hydroxylation is 2. The smallest absolute Gasteiger partial charge is 0.260 e. The van der Waals surface area contributed by atoms with E-state index in [1.807, 2.05) is 37.2 Å². The highest BCUT2D eigenvalue weighted by Crippen LogP contribution is 2.40. The standard InChI is InChI=1S/C23H25N3O3S.ClH/c1-25(2)9-10-26(22(27)17-8-7-15-5-3-4-6-16(15)11-17)23-24-18-12-19-20(29-14-28-19)13-21(18)30-23;/h7-8,11-13H,3-6,9-10,14H2,1-2H3;1H. The first-order valence-electron chi connectivity index (χ1n) is 10.4. The van der Waals surface area contributed by atoms with Crippen molar-refractivity contribution < 1.29 is 14.3 Å². The summed E-state index contributed by atoms with van der Waals surface area (Å²) in [6.07, 6.45) is 4.60. The number of hydrogen-bond donors (Lipinski definition) is 0. The van der Waals surface area contributed by atoms with Gasteiger partial charge in [0, 0.05) is 30.8 Å². The number of aromatic nitrogens is 1. The molecule has 1 amide bonds. The molecule has 1 aliphatic carbocycles. The van der Waals surface area contributed by atoms with Crippen LogP contribution >= 0.6 is 23.7 Å². The number of hydrogen-bond acceptors (Lipinski definition) is 6. The number of thiazole rings is 1. The number of carbonyl (C=O) groups excluding carboxylic acids is 1. The summed E-state index contributed by atoms with van der Waals surface area (Å²) in [5.41, 5.74) is 4.26. The Balaban J connectivity index is 0.00000231. The molecule has 0 saturated heterocycles. The summed E-state index contributed by atoms with van der Waals surface area (Å²) in [5, 5.41) is 0.707. The van der Waals surface area contributed by atoms with Gasteiger partial charge in [0.05, 0.1) is 10.2 Å². The van der Waals surface area contributed by atoms with Crippen LogP contribution in [0.4, 0.5) is 5.13 Å². The molecule has 164 valence electrons. The molecule has 1 aliphatic heterocycles. The van der Waals surface area contributed by atoms with Crippen molar-refractivity contribution in [2.45, 2.75) is 25.7 Å². The number of benzene rings is 2. The van der Waals surface area contributed by atoms with E-state index in [2.05, 4.69) is 17.0 Å². The molecule has 3 aromatic rings. The molecular weight excluding hydrogens is 434 g/mol. The SMILES string of the molecule is CN(C)CCN(C(=O)c1ccc2c(c1)CCCC2)c1nc2cc3c(cc2s1)OCO3.Cl. The van der Waals surface area contributed by atoms with E-state index in [9.17, 15) is 4.79 Å². The van der Waals surface area contributed by atoms with Gasteiger partial charge in [0.15, 0.2) is 16.6 Å². The van der Waals surface area contributed by atoms with Gasteiger partial charge in [-0.3, -0.25) is 9.69 Å². The second-order valence-electron chi connectivity index (χ2n) is 8.12. The lowest BCUT2D eigenvalue weighted by molar-refractivity contribution is 0.0985. The number of anilines is 1. The highest BCUT2D eigenvalue weighted by Gasteiger charge is 2.24. The topological polar surface area (TPSA) is 54.9 Å². The molecule has 2 aliphatic rings. The highest BCUT2D eigenvalue weighted by atomic mass is 35.5. The third-order valence-electron chi connectivity index (χ3n) is 5.71. The molecule has 0 spiro atoms. The summed E-state index contributed by atoms with van der Waals surface area (Å²) < 4.78 is 12.0. The van der Waals surface area contributed by atoms with E-state index in [-0.39, 0.29) is 25.1 Å². The van der Waals surface area contributed by atoms with E-state index in [4.69, 9.17) is 14.5 Å². The zero-order chi connectivity index (χ0) is 20.7. The predicted molar refractivity (Wildman–Crippen MR) is 126 cm³/mol. The number of rotatable bonds is 5. The number of carbonyl (C=O) groups is 1. The lowest BCUT2D eigenvalue weighted by Crippen LogP contribution is -2.36. The molecule has 0 unspecified atom stereocenters. The molecule has 0 radical (unpaired) electrons. The molecule has 2 aromatic carbocycles. The molecule has 6 nitrogen and oxygen atoms in total. The van der Waals surface area contributed by atoms with E-state index < -0.39 is 0 Å². The van der Waals surface area contributed by atoms with Gasteiger partial charge in [0.1, 0.15) is 0 Å². The zero-order valence-electron chi connectivity index (χ0n) is 17.7. The van der Waals surface area contributed by atoms with Crippen LogP contribution in [0, 0.1) is 0 Å². The molecule has 0 fully saturated rings. The van der Waals surface area contributed by atoms with Crippen molar-refractivity contribution in [2.75, 3.05) is 38.9 Å². The van der Waals surface area contributed by atoms with Crippen molar-refractivity contribution in [1.82, 2.24) is 9.88 Å². The molecule has 31 heavy (non-hydrogen) atoms. The Labute approximate surface area is 192 Å². The van der Waals surface area contributed by atoms with Crippen molar-refractivity contribution in [1.29, 1.82) is 0 Å². The first-order valence-corrected chi connectivity index (χ1v) is 11.2. The Hall–Kier alpha value is -2.35. The number of halogens is 1. The van der Waals surface area contributed by atoms with Crippen LogP contribution in [-0.2, 0) is 12.8 Å². The number of ether oxygens (including phenoxy) is 2. The second-order valence-corrected chi connectivity index (χ2v) is 9.13. The van der Waals surface area contributed by atoms with Gasteiger partial charge in [-0.15, -0.1) is 12.4 Å². The summed E-state index contributed by atoms with van der Waals surface area (Å²) in [6.45, 7) is 1.58. The molecule has 0 saturated carbocycles. The van der Waals surface area contributed by atoms with Gasteiger partial charge in [-0.1, -0.05) is 17.4 Å². The molecule has 8 heteroatoms. The van der Waals surface area contributed by atoms with Crippen LogP contribution in [0.3, 0.4) is 0 Å². The van der Waals surface area contributed by atoms with Crippen LogP contribution in [0.15, 0.2) is 30.3 Å². The van der Waals surface area contributed by atoms with Crippen LogP contribution in [0.2, 0.25) is 0 Å².